The Hall–Kier alpha value is -0.850. The van der Waals surface area contributed by atoms with Gasteiger partial charge in [0, 0.05) is 0 Å². The Morgan fingerprint density at radius 3 is 2.12 bits per heavy atom. The van der Waals surface area contributed by atoms with Crippen molar-refractivity contribution in [2.75, 3.05) is 6.61 Å². The smallest absolute Gasteiger partial charge is 0.460 e. The highest BCUT2D eigenvalue weighted by molar-refractivity contribution is 5.76. The predicted molar refractivity (Wildman–Crippen MR) is 47.6 cm³/mol. The molecule has 1 N–H and O–H groups in total. The summed E-state index contributed by atoms with van der Waals surface area (Å²) in [5, 5.41) is 8.15. The number of carbonyl (C=O) groups is 1. The molecule has 0 saturated carbocycles. The van der Waals surface area contributed by atoms with Crippen molar-refractivity contribution in [3.63, 3.8) is 0 Å². The molecular formula is C9H14F4O3. The van der Waals surface area contributed by atoms with Gasteiger partial charge in [0.2, 0.25) is 0 Å². The molecule has 3 nitrogen and oxygen atoms in total. The van der Waals surface area contributed by atoms with Crippen molar-refractivity contribution in [3.05, 3.63) is 0 Å². The minimum Gasteiger partial charge on any atom is -0.477 e. The van der Waals surface area contributed by atoms with E-state index in [1.165, 1.54) is 0 Å². The Bertz CT molecular complexity index is 229. The van der Waals surface area contributed by atoms with Gasteiger partial charge in [-0.25, -0.2) is 4.79 Å². The molecule has 1 atom stereocenters. The second-order valence-electron chi connectivity index (χ2n) is 3.31. The van der Waals surface area contributed by atoms with Gasteiger partial charge in [0.25, 0.3) is 0 Å². The maximum absolute atomic E-state index is 13.0. The van der Waals surface area contributed by atoms with Crippen LogP contribution in [-0.2, 0) is 9.53 Å². The van der Waals surface area contributed by atoms with E-state index in [0.29, 0.717) is 6.42 Å². The molecule has 0 saturated heterocycles. The second kappa shape index (κ2) is 6.03. The summed E-state index contributed by atoms with van der Waals surface area (Å²) in [6, 6.07) is 0. The van der Waals surface area contributed by atoms with Crippen LogP contribution in [-0.4, -0.2) is 29.7 Å². The summed E-state index contributed by atoms with van der Waals surface area (Å²) in [4.78, 5) is 10.2. The number of aliphatic carboxylic acids is 1. The van der Waals surface area contributed by atoms with Gasteiger partial charge in [0.05, 0.1) is 6.61 Å². The lowest BCUT2D eigenvalue weighted by Gasteiger charge is -2.23. The van der Waals surface area contributed by atoms with E-state index in [-0.39, 0.29) is 6.42 Å². The van der Waals surface area contributed by atoms with Crippen LogP contribution in [0.15, 0.2) is 0 Å². The Morgan fingerprint density at radius 2 is 1.75 bits per heavy atom. The van der Waals surface area contributed by atoms with E-state index < -0.39 is 24.6 Å². The zero-order chi connectivity index (χ0) is 12.8. The van der Waals surface area contributed by atoms with Gasteiger partial charge in [-0.05, 0) is 6.42 Å². The summed E-state index contributed by atoms with van der Waals surface area (Å²) in [5.74, 6) is -7.27. The molecule has 0 radical (unpaired) electrons. The maximum atomic E-state index is 13.0. The molecule has 0 aliphatic carbocycles. The average Bonchev–Trinajstić information content (AvgIpc) is 2.15. The van der Waals surface area contributed by atoms with Crippen LogP contribution < -0.4 is 0 Å². The number of halogens is 4. The van der Waals surface area contributed by atoms with Crippen LogP contribution in [0.4, 0.5) is 17.6 Å². The Kier molecular flexibility index (Phi) is 5.71. The molecule has 0 spiro atoms. The molecule has 0 rings (SSSR count). The number of carboxylic acids is 1. The quantitative estimate of drug-likeness (QED) is 0.555. The van der Waals surface area contributed by atoms with Gasteiger partial charge in [-0.2, -0.15) is 17.6 Å². The third kappa shape index (κ3) is 3.96. The highest BCUT2D eigenvalue weighted by atomic mass is 19.4. The SMILES string of the molecule is CCCCCCOC(F)(C(=O)O)C(F)(F)F. The Labute approximate surface area is 90.4 Å². The van der Waals surface area contributed by atoms with Crippen LogP contribution in [0.3, 0.4) is 0 Å². The number of carboxylic acid groups (broad SMARTS) is 1. The van der Waals surface area contributed by atoms with Gasteiger partial charge < -0.3 is 9.84 Å². The molecule has 0 fully saturated rings. The zero-order valence-electron chi connectivity index (χ0n) is 8.81. The molecule has 16 heavy (non-hydrogen) atoms. The van der Waals surface area contributed by atoms with E-state index in [1.807, 2.05) is 6.92 Å². The van der Waals surface area contributed by atoms with Gasteiger partial charge in [-0.3, -0.25) is 0 Å². The number of alkyl halides is 4. The fourth-order valence-electron chi connectivity index (χ4n) is 1.01. The predicted octanol–water partition coefficient (Wildman–Crippen LogP) is 2.90. The number of hydrogen-bond acceptors (Lipinski definition) is 2. The number of rotatable bonds is 7. The summed E-state index contributed by atoms with van der Waals surface area (Å²) in [6.07, 6.45) is -3.16. The minimum atomic E-state index is -5.57. The van der Waals surface area contributed by atoms with Crippen LogP contribution in [0.25, 0.3) is 0 Å². The van der Waals surface area contributed by atoms with Crippen molar-refractivity contribution in [2.24, 2.45) is 0 Å². The third-order valence-electron chi connectivity index (χ3n) is 1.94. The first-order valence-electron chi connectivity index (χ1n) is 4.88. The first kappa shape index (κ1) is 15.2. The molecule has 0 heterocycles. The van der Waals surface area contributed by atoms with Crippen LogP contribution in [0, 0.1) is 0 Å². The average molecular weight is 246 g/mol. The Balaban J connectivity index is 4.21. The van der Waals surface area contributed by atoms with Crippen molar-refractivity contribution >= 4 is 5.97 Å². The van der Waals surface area contributed by atoms with E-state index in [1.54, 1.807) is 0 Å². The topological polar surface area (TPSA) is 46.5 Å². The van der Waals surface area contributed by atoms with Gasteiger partial charge >= 0.3 is 18.0 Å². The lowest BCUT2D eigenvalue weighted by atomic mass is 10.2. The van der Waals surface area contributed by atoms with Crippen molar-refractivity contribution < 1.29 is 32.2 Å². The lowest BCUT2D eigenvalue weighted by Crippen LogP contribution is -2.50. The summed E-state index contributed by atoms with van der Waals surface area (Å²) < 4.78 is 52.9. The first-order chi connectivity index (χ1) is 7.25. The molecule has 0 bridgehead atoms. The highest BCUT2D eigenvalue weighted by Gasteiger charge is 2.64. The van der Waals surface area contributed by atoms with Crippen molar-refractivity contribution in [2.45, 2.75) is 44.6 Å². The third-order valence-corrected chi connectivity index (χ3v) is 1.94. The van der Waals surface area contributed by atoms with E-state index >= 15 is 0 Å². The normalized spacial score (nSPS) is 15.8. The Morgan fingerprint density at radius 1 is 1.19 bits per heavy atom. The van der Waals surface area contributed by atoms with Crippen molar-refractivity contribution in [3.8, 4) is 0 Å². The largest absolute Gasteiger partial charge is 0.477 e. The van der Waals surface area contributed by atoms with Crippen molar-refractivity contribution in [1.82, 2.24) is 0 Å². The molecule has 0 aromatic carbocycles. The van der Waals surface area contributed by atoms with Crippen molar-refractivity contribution in [1.29, 1.82) is 0 Å². The van der Waals surface area contributed by atoms with E-state index in [9.17, 15) is 22.4 Å². The standard InChI is InChI=1S/C9H14F4O3/c1-2-3-4-5-6-16-8(10,7(14)15)9(11,12)13/h2-6H2,1H3,(H,14,15). The molecule has 7 heteroatoms. The minimum absolute atomic E-state index is 0.197. The fourth-order valence-corrected chi connectivity index (χ4v) is 1.01. The molecule has 0 amide bonds. The zero-order valence-corrected chi connectivity index (χ0v) is 8.81. The van der Waals surface area contributed by atoms with E-state index in [0.717, 1.165) is 12.8 Å². The number of hydrogen-bond donors (Lipinski definition) is 1. The summed E-state index contributed by atoms with van der Waals surface area (Å²) in [6.45, 7) is 1.33. The van der Waals surface area contributed by atoms with Crippen LogP contribution in [0.5, 0.6) is 0 Å². The monoisotopic (exact) mass is 246 g/mol. The van der Waals surface area contributed by atoms with Crippen LogP contribution >= 0.6 is 0 Å². The molecule has 0 aromatic heterocycles. The molecule has 96 valence electrons. The molecule has 0 aromatic rings. The summed E-state index contributed by atoms with van der Waals surface area (Å²) >= 11 is 0. The molecule has 0 aliphatic rings. The van der Waals surface area contributed by atoms with E-state index in [2.05, 4.69) is 4.74 Å². The molecular weight excluding hydrogens is 232 g/mol. The first-order valence-corrected chi connectivity index (χ1v) is 4.88. The number of unbranched alkanes of at least 4 members (excludes halogenated alkanes) is 3. The number of ether oxygens (including phenoxy) is 1. The fraction of sp³-hybridized carbons (Fsp3) is 0.889. The lowest BCUT2D eigenvalue weighted by molar-refractivity contribution is -0.322. The van der Waals surface area contributed by atoms with Gasteiger partial charge in [-0.1, -0.05) is 26.2 Å². The molecule has 1 unspecified atom stereocenters. The van der Waals surface area contributed by atoms with E-state index in [4.69, 9.17) is 5.11 Å². The molecule has 0 aliphatic heterocycles. The summed E-state index contributed by atoms with van der Waals surface area (Å²) in [7, 11) is 0. The van der Waals surface area contributed by atoms with Gasteiger partial charge in [0.15, 0.2) is 0 Å². The van der Waals surface area contributed by atoms with Gasteiger partial charge in [0.1, 0.15) is 0 Å². The maximum Gasteiger partial charge on any atom is 0.460 e. The summed E-state index contributed by atoms with van der Waals surface area (Å²) in [5.41, 5.74) is 0. The van der Waals surface area contributed by atoms with Crippen LogP contribution in [0.1, 0.15) is 32.6 Å². The van der Waals surface area contributed by atoms with Gasteiger partial charge in [-0.15, -0.1) is 0 Å². The highest BCUT2D eigenvalue weighted by Crippen LogP contribution is 2.35. The second-order valence-corrected chi connectivity index (χ2v) is 3.31. The van der Waals surface area contributed by atoms with Crippen LogP contribution in [0.2, 0.25) is 0 Å².